The average Bonchev–Trinajstić information content (AvgIpc) is 3.15. The fourth-order valence-corrected chi connectivity index (χ4v) is 9.34. The molecule has 1 aliphatic rings. The second-order valence-corrected chi connectivity index (χ2v) is 13.5. The molecule has 0 spiro atoms. The van der Waals surface area contributed by atoms with E-state index in [0.717, 1.165) is 0 Å². The summed E-state index contributed by atoms with van der Waals surface area (Å²) in [5, 5.41) is 5.10. The van der Waals surface area contributed by atoms with Crippen molar-refractivity contribution in [2.24, 2.45) is 5.92 Å². The van der Waals surface area contributed by atoms with Crippen molar-refractivity contribution in [1.29, 1.82) is 0 Å². The molecular formula is C25H28FN3O2Si. The van der Waals surface area contributed by atoms with Crippen LogP contribution in [-0.2, 0) is 9.22 Å². The lowest BCUT2D eigenvalue weighted by atomic mass is 9.93. The van der Waals surface area contributed by atoms with Gasteiger partial charge in [0.15, 0.2) is 0 Å². The van der Waals surface area contributed by atoms with Crippen molar-refractivity contribution in [3.05, 3.63) is 84.7 Å². The van der Waals surface area contributed by atoms with Crippen LogP contribution >= 0.6 is 0 Å². The van der Waals surface area contributed by atoms with Crippen LogP contribution in [0.25, 0.3) is 0 Å². The minimum atomic E-state index is -2.73. The number of amides is 1. The lowest BCUT2D eigenvalue weighted by Gasteiger charge is -2.43. The molecule has 0 saturated carbocycles. The summed E-state index contributed by atoms with van der Waals surface area (Å²) in [6.07, 6.45) is 0.525. The first-order valence-corrected chi connectivity index (χ1v) is 12.7. The first kappa shape index (κ1) is 22.3. The minimum Gasteiger partial charge on any atom is -0.407 e. The Labute approximate surface area is 189 Å². The van der Waals surface area contributed by atoms with Gasteiger partial charge in [0.05, 0.1) is 11.6 Å². The molecule has 0 aliphatic carbocycles. The van der Waals surface area contributed by atoms with Gasteiger partial charge in [-0.3, -0.25) is 4.79 Å². The molecule has 1 aliphatic heterocycles. The van der Waals surface area contributed by atoms with Crippen molar-refractivity contribution in [3.63, 3.8) is 0 Å². The normalized spacial score (nSPS) is 19.1. The van der Waals surface area contributed by atoms with E-state index in [4.69, 9.17) is 4.43 Å². The summed E-state index contributed by atoms with van der Waals surface area (Å²) in [5.41, 5.74) is 0.392. The summed E-state index contributed by atoms with van der Waals surface area (Å²) < 4.78 is 20.7. The zero-order chi connectivity index (χ0) is 22.8. The van der Waals surface area contributed by atoms with E-state index in [2.05, 4.69) is 60.3 Å². The standard InChI is InChI=1S/C25H28FN3O2Si/c1-25(2,3)32(19-10-6-4-7-11-19,20-12-8-5-9-13-20)31-17-18-16-28-23(30)22(18)21-14-15-27-24(26)29-21/h4-15,18,22H,16-17H2,1-3H3,(H,28,30)/t18?,22-/m1/s1. The van der Waals surface area contributed by atoms with E-state index in [0.29, 0.717) is 18.8 Å². The number of carbonyl (C=O) groups excluding carboxylic acids is 1. The molecule has 1 fully saturated rings. The van der Waals surface area contributed by atoms with E-state index in [1.165, 1.54) is 16.6 Å². The maximum Gasteiger partial charge on any atom is 0.308 e. The molecule has 166 valence electrons. The quantitative estimate of drug-likeness (QED) is 0.464. The van der Waals surface area contributed by atoms with Crippen LogP contribution in [0.3, 0.4) is 0 Å². The molecule has 0 radical (unpaired) electrons. The van der Waals surface area contributed by atoms with Crippen LogP contribution in [0.5, 0.6) is 0 Å². The van der Waals surface area contributed by atoms with Crippen LogP contribution < -0.4 is 15.7 Å². The summed E-state index contributed by atoms with van der Waals surface area (Å²) in [5.74, 6) is -0.872. The Hall–Kier alpha value is -2.90. The Morgan fingerprint density at radius 3 is 2.16 bits per heavy atom. The molecule has 32 heavy (non-hydrogen) atoms. The highest BCUT2D eigenvalue weighted by atomic mass is 28.4. The molecule has 4 rings (SSSR count). The van der Waals surface area contributed by atoms with Gasteiger partial charge in [-0.2, -0.15) is 4.39 Å². The van der Waals surface area contributed by atoms with Crippen molar-refractivity contribution in [2.45, 2.75) is 31.7 Å². The summed E-state index contributed by atoms with van der Waals surface area (Å²) in [6, 6.07) is 22.4. The summed E-state index contributed by atoms with van der Waals surface area (Å²) in [4.78, 5) is 20.0. The fraction of sp³-hybridized carbons (Fsp3) is 0.320. The predicted molar refractivity (Wildman–Crippen MR) is 125 cm³/mol. The Morgan fingerprint density at radius 1 is 1.03 bits per heavy atom. The van der Waals surface area contributed by atoms with E-state index >= 15 is 0 Å². The number of halogens is 1. The Morgan fingerprint density at radius 2 is 1.62 bits per heavy atom. The van der Waals surface area contributed by atoms with Gasteiger partial charge in [0.1, 0.15) is 0 Å². The third kappa shape index (κ3) is 4.10. The third-order valence-electron chi connectivity index (χ3n) is 6.19. The van der Waals surface area contributed by atoms with E-state index in [9.17, 15) is 9.18 Å². The van der Waals surface area contributed by atoms with Crippen molar-refractivity contribution in [3.8, 4) is 0 Å². The number of hydrogen-bond donors (Lipinski definition) is 1. The van der Waals surface area contributed by atoms with E-state index in [1.807, 2.05) is 36.4 Å². The third-order valence-corrected chi connectivity index (χ3v) is 11.2. The van der Waals surface area contributed by atoms with Gasteiger partial charge in [0, 0.05) is 25.3 Å². The van der Waals surface area contributed by atoms with Crippen molar-refractivity contribution >= 4 is 24.6 Å². The smallest absolute Gasteiger partial charge is 0.308 e. The van der Waals surface area contributed by atoms with E-state index in [1.54, 1.807) is 6.07 Å². The van der Waals surface area contributed by atoms with Crippen molar-refractivity contribution in [1.82, 2.24) is 15.3 Å². The molecule has 1 aromatic heterocycles. The van der Waals surface area contributed by atoms with Gasteiger partial charge in [-0.15, -0.1) is 0 Å². The van der Waals surface area contributed by atoms with Crippen molar-refractivity contribution < 1.29 is 13.6 Å². The van der Waals surface area contributed by atoms with Gasteiger partial charge in [-0.05, 0) is 21.5 Å². The Bertz CT molecular complexity index is 1030. The zero-order valence-electron chi connectivity index (χ0n) is 18.6. The highest BCUT2D eigenvalue weighted by molar-refractivity contribution is 6.99. The highest BCUT2D eigenvalue weighted by Crippen LogP contribution is 2.38. The van der Waals surface area contributed by atoms with Gasteiger partial charge in [-0.1, -0.05) is 81.4 Å². The molecule has 2 aromatic carbocycles. The monoisotopic (exact) mass is 449 g/mol. The van der Waals surface area contributed by atoms with Crippen LogP contribution in [0.15, 0.2) is 72.9 Å². The van der Waals surface area contributed by atoms with Gasteiger partial charge in [-0.25, -0.2) is 9.97 Å². The predicted octanol–water partition coefficient (Wildman–Crippen LogP) is 3.02. The van der Waals surface area contributed by atoms with Crippen molar-refractivity contribution in [2.75, 3.05) is 13.2 Å². The van der Waals surface area contributed by atoms with Gasteiger partial charge >= 0.3 is 6.08 Å². The lowest BCUT2D eigenvalue weighted by Crippen LogP contribution is -2.67. The molecule has 0 bridgehead atoms. The average molecular weight is 450 g/mol. The number of carbonyl (C=O) groups is 1. The number of rotatable bonds is 6. The second kappa shape index (κ2) is 8.92. The molecule has 2 heterocycles. The highest BCUT2D eigenvalue weighted by Gasteiger charge is 2.51. The molecule has 5 nitrogen and oxygen atoms in total. The number of hydrogen-bond acceptors (Lipinski definition) is 4. The largest absolute Gasteiger partial charge is 0.407 e. The summed E-state index contributed by atoms with van der Waals surface area (Å²) in [7, 11) is -2.73. The molecular weight excluding hydrogens is 421 g/mol. The van der Waals surface area contributed by atoms with Crippen LogP contribution in [-0.4, -0.2) is 37.3 Å². The first-order chi connectivity index (χ1) is 15.3. The van der Waals surface area contributed by atoms with E-state index < -0.39 is 20.3 Å². The van der Waals surface area contributed by atoms with Crippen LogP contribution in [0.4, 0.5) is 4.39 Å². The molecule has 1 amide bonds. The molecule has 2 atom stereocenters. The van der Waals surface area contributed by atoms with E-state index in [-0.39, 0.29) is 16.9 Å². The van der Waals surface area contributed by atoms with Crippen LogP contribution in [0.2, 0.25) is 5.04 Å². The van der Waals surface area contributed by atoms with Crippen LogP contribution in [0, 0.1) is 12.0 Å². The molecule has 7 heteroatoms. The SMILES string of the molecule is CC(C)(C)[Si](OCC1CNC(=O)[C@H]1c1ccnc(F)n1)(c1ccccc1)c1ccccc1. The van der Waals surface area contributed by atoms with Gasteiger partial charge < -0.3 is 9.74 Å². The number of nitrogens with zero attached hydrogens (tertiary/aromatic N) is 2. The number of benzene rings is 2. The molecule has 1 N–H and O–H groups in total. The first-order valence-electron chi connectivity index (χ1n) is 10.8. The summed E-state index contributed by atoms with van der Waals surface area (Å²) in [6.45, 7) is 7.48. The topological polar surface area (TPSA) is 64.1 Å². The number of aromatic nitrogens is 2. The molecule has 1 unspecified atom stereocenters. The molecule has 3 aromatic rings. The maximum atomic E-state index is 13.7. The fourth-order valence-electron chi connectivity index (χ4n) is 4.72. The maximum absolute atomic E-state index is 13.7. The molecule has 1 saturated heterocycles. The second-order valence-electron chi connectivity index (χ2n) is 9.21. The lowest BCUT2D eigenvalue weighted by molar-refractivity contribution is -0.120. The zero-order valence-corrected chi connectivity index (χ0v) is 19.6. The number of nitrogens with one attached hydrogen (secondary N) is 1. The van der Waals surface area contributed by atoms with Gasteiger partial charge in [0.25, 0.3) is 8.32 Å². The minimum absolute atomic E-state index is 0.154. The van der Waals surface area contributed by atoms with Gasteiger partial charge in [0.2, 0.25) is 5.91 Å². The summed E-state index contributed by atoms with van der Waals surface area (Å²) >= 11 is 0. The Kier molecular flexibility index (Phi) is 6.21. The van der Waals surface area contributed by atoms with Crippen LogP contribution in [0.1, 0.15) is 32.4 Å². The Balaban J connectivity index is 1.73.